The summed E-state index contributed by atoms with van der Waals surface area (Å²) in [4.78, 5) is 2.20. The van der Waals surface area contributed by atoms with Gasteiger partial charge in [0.25, 0.3) is 0 Å². The van der Waals surface area contributed by atoms with Gasteiger partial charge in [-0.05, 0) is 24.2 Å². The van der Waals surface area contributed by atoms with E-state index in [4.69, 9.17) is 5.41 Å². The fourth-order valence-corrected chi connectivity index (χ4v) is 4.59. The molecule has 1 aliphatic heterocycles. The SMILES string of the molecule is Cn1cc[n+](C)c1[BH2-][C@H]1CN(c2ccccc2)C(=N)[C@@H]1c1ccccc1. The lowest BCUT2D eigenvalue weighted by atomic mass is 9.58. The van der Waals surface area contributed by atoms with Crippen LogP contribution in [-0.4, -0.2) is 24.2 Å². The van der Waals surface area contributed by atoms with Gasteiger partial charge in [0.05, 0.1) is 27.1 Å². The lowest BCUT2D eigenvalue weighted by Crippen LogP contribution is -2.51. The summed E-state index contributed by atoms with van der Waals surface area (Å²) in [5.74, 6) is 1.39. The lowest BCUT2D eigenvalue weighted by molar-refractivity contribution is -0.653. The van der Waals surface area contributed by atoms with Gasteiger partial charge >= 0.3 is 0 Å². The molecule has 1 fully saturated rings. The third kappa shape index (κ3) is 2.94. The van der Waals surface area contributed by atoms with Gasteiger partial charge in [0.15, 0.2) is 0 Å². The molecule has 2 heterocycles. The van der Waals surface area contributed by atoms with Crippen LogP contribution in [0.15, 0.2) is 73.1 Å². The zero-order chi connectivity index (χ0) is 18.1. The highest BCUT2D eigenvalue weighted by molar-refractivity contribution is 6.53. The molecule has 0 aliphatic carbocycles. The quantitative estimate of drug-likeness (QED) is 0.568. The van der Waals surface area contributed by atoms with Crippen LogP contribution in [0.1, 0.15) is 11.5 Å². The zero-order valence-corrected chi connectivity index (χ0v) is 15.6. The Balaban J connectivity index is 1.71. The molecule has 1 aliphatic rings. The van der Waals surface area contributed by atoms with E-state index in [9.17, 15) is 0 Å². The smallest absolute Gasteiger partial charge is 0.126 e. The predicted molar refractivity (Wildman–Crippen MR) is 109 cm³/mol. The molecule has 0 radical (unpaired) electrons. The number of hydrogen-bond donors (Lipinski definition) is 1. The van der Waals surface area contributed by atoms with Gasteiger partial charge < -0.3 is 4.90 Å². The number of amidine groups is 1. The summed E-state index contributed by atoms with van der Waals surface area (Å²) in [7, 11) is 3.85. The molecule has 26 heavy (non-hydrogen) atoms. The molecule has 4 rings (SSSR count). The molecule has 2 atom stereocenters. The minimum absolute atomic E-state index is 0.173. The van der Waals surface area contributed by atoms with Crippen molar-refractivity contribution in [3.63, 3.8) is 0 Å². The molecule has 0 bridgehead atoms. The normalized spacial score (nSPS) is 19.9. The van der Waals surface area contributed by atoms with E-state index < -0.39 is 7.28 Å². The van der Waals surface area contributed by atoms with Crippen molar-refractivity contribution in [1.82, 2.24) is 4.57 Å². The van der Waals surface area contributed by atoms with Crippen LogP contribution in [0, 0.1) is 5.41 Å². The van der Waals surface area contributed by atoms with Crippen LogP contribution < -0.4 is 15.2 Å². The molecular formula is C21H25BN4. The van der Waals surface area contributed by atoms with Gasteiger partial charge in [0.2, 0.25) is 0 Å². The van der Waals surface area contributed by atoms with Crippen LogP contribution in [-0.2, 0) is 14.1 Å². The van der Waals surface area contributed by atoms with E-state index >= 15 is 0 Å². The number of para-hydroxylation sites is 1. The summed E-state index contributed by atoms with van der Waals surface area (Å²) in [6, 6.07) is 21.0. The van der Waals surface area contributed by atoms with E-state index in [0.717, 1.165) is 18.1 Å². The Hall–Kier alpha value is -2.82. The molecule has 2 aromatic carbocycles. The van der Waals surface area contributed by atoms with Gasteiger partial charge in [-0.1, -0.05) is 48.5 Å². The van der Waals surface area contributed by atoms with Crippen molar-refractivity contribution in [3.8, 4) is 0 Å². The van der Waals surface area contributed by atoms with Crippen LogP contribution in [0.3, 0.4) is 0 Å². The third-order valence-electron chi connectivity index (χ3n) is 6.02. The number of rotatable bonds is 4. The number of nitrogens with zero attached hydrogens (tertiary/aromatic N) is 3. The molecular weight excluding hydrogens is 319 g/mol. The molecule has 5 heteroatoms. The Labute approximate surface area is 155 Å². The van der Waals surface area contributed by atoms with Crippen molar-refractivity contribution < 1.29 is 4.57 Å². The minimum Gasteiger partial charge on any atom is -0.333 e. The van der Waals surface area contributed by atoms with E-state index in [1.165, 1.54) is 11.3 Å². The van der Waals surface area contributed by atoms with Crippen LogP contribution in [0.25, 0.3) is 0 Å². The largest absolute Gasteiger partial charge is 0.333 e. The predicted octanol–water partition coefficient (Wildman–Crippen LogP) is 1.71. The second-order valence-electron chi connectivity index (χ2n) is 7.55. The molecule has 0 spiro atoms. The molecule has 4 nitrogen and oxygen atoms in total. The second-order valence-corrected chi connectivity index (χ2v) is 7.55. The number of imidazole rings is 1. The second kappa shape index (κ2) is 6.83. The van der Waals surface area contributed by atoms with Crippen molar-refractivity contribution in [2.24, 2.45) is 14.1 Å². The van der Waals surface area contributed by atoms with Crippen molar-refractivity contribution >= 4 is 24.5 Å². The Morgan fingerprint density at radius 3 is 2.31 bits per heavy atom. The topological polar surface area (TPSA) is 35.9 Å². The third-order valence-corrected chi connectivity index (χ3v) is 6.02. The van der Waals surface area contributed by atoms with Crippen molar-refractivity contribution in [2.75, 3.05) is 11.4 Å². The van der Waals surface area contributed by atoms with Crippen molar-refractivity contribution in [1.29, 1.82) is 5.41 Å². The average Bonchev–Trinajstić information content (AvgIpc) is 3.17. The van der Waals surface area contributed by atoms with Gasteiger partial charge in [-0.2, -0.15) is 0 Å². The zero-order valence-electron chi connectivity index (χ0n) is 15.6. The maximum absolute atomic E-state index is 8.94. The first-order valence-corrected chi connectivity index (χ1v) is 9.42. The minimum atomic E-state index is -0.415. The summed E-state index contributed by atoms with van der Waals surface area (Å²) in [6.45, 7) is 0.924. The number of anilines is 1. The van der Waals surface area contributed by atoms with Gasteiger partial charge in [-0.3, -0.25) is 14.5 Å². The summed E-state index contributed by atoms with van der Waals surface area (Å²) >= 11 is 0. The molecule has 3 aromatic rings. The molecule has 1 aromatic heterocycles. The first kappa shape index (κ1) is 16.6. The van der Waals surface area contributed by atoms with Gasteiger partial charge in [0, 0.05) is 11.6 Å². The fourth-order valence-electron chi connectivity index (χ4n) is 4.59. The first-order chi connectivity index (χ1) is 12.6. The van der Waals surface area contributed by atoms with Crippen LogP contribution >= 0.6 is 0 Å². The molecule has 1 N–H and O–H groups in total. The van der Waals surface area contributed by atoms with E-state index in [1.807, 2.05) is 6.07 Å². The number of benzene rings is 2. The summed E-state index contributed by atoms with van der Waals surface area (Å²) < 4.78 is 4.49. The van der Waals surface area contributed by atoms with Crippen LogP contribution in [0.5, 0.6) is 0 Å². The number of aromatic nitrogens is 2. The lowest BCUT2D eigenvalue weighted by Gasteiger charge is -2.21. The first-order valence-electron chi connectivity index (χ1n) is 9.42. The highest BCUT2D eigenvalue weighted by Crippen LogP contribution is 2.39. The van der Waals surface area contributed by atoms with Gasteiger partial charge in [-0.15, -0.1) is 5.82 Å². The maximum atomic E-state index is 8.94. The van der Waals surface area contributed by atoms with Crippen LogP contribution in [0.4, 0.5) is 5.69 Å². The van der Waals surface area contributed by atoms with Crippen molar-refractivity contribution in [3.05, 3.63) is 78.6 Å². The Kier molecular flexibility index (Phi) is 4.37. The fraction of sp³-hybridized carbons (Fsp3) is 0.238. The van der Waals surface area contributed by atoms with E-state index in [1.54, 1.807) is 0 Å². The monoisotopic (exact) mass is 344 g/mol. The Morgan fingerprint density at radius 2 is 1.69 bits per heavy atom. The number of nitrogens with one attached hydrogen (secondary N) is 1. The maximum Gasteiger partial charge on any atom is 0.126 e. The van der Waals surface area contributed by atoms with E-state index in [0.29, 0.717) is 5.82 Å². The molecule has 1 saturated heterocycles. The number of aryl methyl sites for hydroxylation is 2. The summed E-state index contributed by atoms with van der Waals surface area (Å²) in [5, 5.41) is 8.94. The summed E-state index contributed by atoms with van der Waals surface area (Å²) in [5.41, 5.74) is 3.81. The van der Waals surface area contributed by atoms with Gasteiger partial charge in [0.1, 0.15) is 18.2 Å². The van der Waals surface area contributed by atoms with Crippen molar-refractivity contribution in [2.45, 2.75) is 11.7 Å². The van der Waals surface area contributed by atoms with Gasteiger partial charge in [-0.25, -0.2) is 0 Å². The summed E-state index contributed by atoms with van der Waals surface area (Å²) in [6.07, 6.45) is 4.26. The van der Waals surface area contributed by atoms with Crippen LogP contribution in [0.2, 0.25) is 5.82 Å². The molecule has 132 valence electrons. The molecule has 0 amide bonds. The Morgan fingerprint density at radius 1 is 1.04 bits per heavy atom. The molecule has 0 saturated carbocycles. The number of hydrogen-bond acceptors (Lipinski definition) is 1. The van der Waals surface area contributed by atoms with E-state index in [2.05, 4.69) is 95.1 Å². The average molecular weight is 344 g/mol. The standard InChI is InChI=1S/C21H25BN4/c1-24-13-14-25(2)21(24)22-18-15-26(17-11-7-4-8-12-17)20(23)19(18)16-9-5-3-6-10-16/h3-14,18-19,23H,15,22H2,1-2H3/t18-,19+/m0/s1. The Bertz CT molecular complexity index is 885. The molecule has 0 unspecified atom stereocenters. The highest BCUT2D eigenvalue weighted by atomic mass is 15.2. The van der Waals surface area contributed by atoms with E-state index in [-0.39, 0.29) is 5.92 Å². The highest BCUT2D eigenvalue weighted by Gasteiger charge is 2.37.